The van der Waals surface area contributed by atoms with Gasteiger partial charge in [0, 0.05) is 6.42 Å². The lowest BCUT2D eigenvalue weighted by molar-refractivity contribution is -0.123. The summed E-state index contributed by atoms with van der Waals surface area (Å²) in [6, 6.07) is 4.37. The van der Waals surface area contributed by atoms with Crippen LogP contribution in [0.5, 0.6) is 0 Å². The third-order valence-corrected chi connectivity index (χ3v) is 4.76. The third kappa shape index (κ3) is 4.68. The summed E-state index contributed by atoms with van der Waals surface area (Å²) in [6.07, 6.45) is 2.89. The lowest BCUT2D eigenvalue weighted by atomic mass is 9.85. The van der Waals surface area contributed by atoms with E-state index in [9.17, 15) is 9.18 Å². The molecule has 0 aliphatic carbocycles. The maximum atomic E-state index is 13.2. The number of amides is 1. The van der Waals surface area contributed by atoms with Gasteiger partial charge < -0.3 is 10.6 Å². The number of piperidine rings is 1. The van der Waals surface area contributed by atoms with E-state index in [1.54, 1.807) is 12.1 Å². The van der Waals surface area contributed by atoms with Crippen molar-refractivity contribution in [2.24, 2.45) is 11.8 Å². The van der Waals surface area contributed by atoms with Gasteiger partial charge in [-0.15, -0.1) is 0 Å². The molecule has 1 amide bonds. The van der Waals surface area contributed by atoms with Crippen molar-refractivity contribution in [3.05, 3.63) is 34.6 Å². The summed E-state index contributed by atoms with van der Waals surface area (Å²) in [5.41, 5.74) is 0.812. The first-order chi connectivity index (χ1) is 10.5. The summed E-state index contributed by atoms with van der Waals surface area (Å²) in [5, 5.41) is 6.44. The van der Waals surface area contributed by atoms with Gasteiger partial charge in [-0.2, -0.15) is 0 Å². The summed E-state index contributed by atoms with van der Waals surface area (Å²) >= 11 is 5.79. The Morgan fingerprint density at radius 3 is 2.91 bits per heavy atom. The highest BCUT2D eigenvalue weighted by Gasteiger charge is 2.22. The van der Waals surface area contributed by atoms with E-state index in [0.717, 1.165) is 18.7 Å². The van der Waals surface area contributed by atoms with Crippen molar-refractivity contribution in [3.8, 4) is 0 Å². The van der Waals surface area contributed by atoms with Crippen molar-refractivity contribution in [2.45, 2.75) is 39.2 Å². The summed E-state index contributed by atoms with van der Waals surface area (Å²) in [6.45, 7) is 6.10. The number of halogens is 2. The van der Waals surface area contributed by atoms with Crippen LogP contribution in [-0.4, -0.2) is 19.0 Å². The zero-order valence-corrected chi connectivity index (χ0v) is 13.9. The van der Waals surface area contributed by atoms with Crippen LogP contribution in [-0.2, 0) is 4.79 Å². The molecule has 0 saturated carbocycles. The molecule has 122 valence electrons. The average molecular weight is 327 g/mol. The minimum Gasteiger partial charge on any atom is -0.350 e. The first-order valence-electron chi connectivity index (χ1n) is 7.92. The predicted octanol–water partition coefficient (Wildman–Crippen LogP) is 3.68. The predicted molar refractivity (Wildman–Crippen MR) is 87.3 cm³/mol. The van der Waals surface area contributed by atoms with Gasteiger partial charge in [0.15, 0.2) is 0 Å². The van der Waals surface area contributed by atoms with Crippen molar-refractivity contribution in [1.82, 2.24) is 10.6 Å². The molecule has 3 atom stereocenters. The fourth-order valence-electron chi connectivity index (χ4n) is 2.99. The average Bonchev–Trinajstić information content (AvgIpc) is 2.50. The first-order valence-corrected chi connectivity index (χ1v) is 8.30. The van der Waals surface area contributed by atoms with Gasteiger partial charge >= 0.3 is 0 Å². The van der Waals surface area contributed by atoms with Crippen molar-refractivity contribution < 1.29 is 9.18 Å². The number of hydrogen-bond donors (Lipinski definition) is 2. The molecule has 1 aliphatic rings. The molecule has 1 fully saturated rings. The van der Waals surface area contributed by atoms with Gasteiger partial charge in [-0.1, -0.05) is 24.6 Å². The van der Waals surface area contributed by atoms with Gasteiger partial charge in [-0.3, -0.25) is 4.79 Å². The normalized spacial score (nSPS) is 21.2. The van der Waals surface area contributed by atoms with Gasteiger partial charge in [0.25, 0.3) is 0 Å². The van der Waals surface area contributed by atoms with Crippen LogP contribution in [0.15, 0.2) is 18.2 Å². The second kappa shape index (κ2) is 7.93. The van der Waals surface area contributed by atoms with Crippen LogP contribution in [0.1, 0.15) is 44.7 Å². The van der Waals surface area contributed by atoms with E-state index in [2.05, 4.69) is 17.6 Å². The fraction of sp³-hybridized carbons (Fsp3) is 0.588. The molecule has 2 N–H and O–H groups in total. The number of hydrogen-bond acceptors (Lipinski definition) is 2. The highest BCUT2D eigenvalue weighted by Crippen LogP contribution is 2.24. The van der Waals surface area contributed by atoms with Crippen LogP contribution in [0.25, 0.3) is 0 Å². The molecule has 0 aromatic heterocycles. The summed E-state index contributed by atoms with van der Waals surface area (Å²) < 4.78 is 13.2. The molecule has 1 aromatic rings. The van der Waals surface area contributed by atoms with Gasteiger partial charge in [-0.25, -0.2) is 4.39 Å². The van der Waals surface area contributed by atoms with Crippen molar-refractivity contribution in [1.29, 1.82) is 0 Å². The van der Waals surface area contributed by atoms with E-state index in [1.807, 2.05) is 6.92 Å². The lowest BCUT2D eigenvalue weighted by Crippen LogP contribution is -2.36. The van der Waals surface area contributed by atoms with Gasteiger partial charge in [0.1, 0.15) is 5.82 Å². The fourth-order valence-corrected chi connectivity index (χ4v) is 3.18. The molecule has 5 heteroatoms. The molecule has 22 heavy (non-hydrogen) atoms. The largest absolute Gasteiger partial charge is 0.350 e. The molecule has 0 spiro atoms. The zero-order chi connectivity index (χ0) is 16.1. The van der Waals surface area contributed by atoms with Crippen molar-refractivity contribution >= 4 is 17.5 Å². The zero-order valence-electron chi connectivity index (χ0n) is 13.2. The van der Waals surface area contributed by atoms with Crippen molar-refractivity contribution in [2.75, 3.05) is 13.1 Å². The molecule has 1 heterocycles. The molecular formula is C17H24ClFN2O. The van der Waals surface area contributed by atoms with E-state index < -0.39 is 5.82 Å². The van der Waals surface area contributed by atoms with E-state index in [4.69, 9.17) is 11.6 Å². The monoisotopic (exact) mass is 326 g/mol. The van der Waals surface area contributed by atoms with Gasteiger partial charge in [-0.05, 0) is 62.4 Å². The van der Waals surface area contributed by atoms with Gasteiger partial charge in [0.2, 0.25) is 5.91 Å². The Bertz CT molecular complexity index is 517. The molecule has 3 unspecified atom stereocenters. The maximum Gasteiger partial charge on any atom is 0.220 e. The second-order valence-corrected chi connectivity index (χ2v) is 6.66. The van der Waals surface area contributed by atoms with Crippen LogP contribution < -0.4 is 10.6 Å². The van der Waals surface area contributed by atoms with Crippen LogP contribution in [0.2, 0.25) is 5.02 Å². The summed E-state index contributed by atoms with van der Waals surface area (Å²) in [7, 11) is 0. The summed E-state index contributed by atoms with van der Waals surface area (Å²) in [4.78, 5) is 12.2. The van der Waals surface area contributed by atoms with Crippen LogP contribution in [0, 0.1) is 17.7 Å². The molecule has 0 bridgehead atoms. The van der Waals surface area contributed by atoms with Crippen molar-refractivity contribution in [3.63, 3.8) is 0 Å². The standard InChI is InChI=1S/C17H24ClFN2O/c1-11(14-4-3-7-20-10-14)8-17(22)21-12(2)13-5-6-16(19)15(18)9-13/h5-6,9,11-12,14,20H,3-4,7-8,10H2,1-2H3,(H,21,22). The van der Waals surface area contributed by atoms with E-state index >= 15 is 0 Å². The molecule has 3 nitrogen and oxygen atoms in total. The smallest absolute Gasteiger partial charge is 0.220 e. The van der Waals surface area contributed by atoms with E-state index in [0.29, 0.717) is 18.3 Å². The molecule has 1 saturated heterocycles. The second-order valence-electron chi connectivity index (χ2n) is 6.25. The Morgan fingerprint density at radius 1 is 1.50 bits per heavy atom. The SMILES string of the molecule is CC(NC(=O)CC(C)C1CCCNC1)c1ccc(F)c(Cl)c1. The number of benzene rings is 1. The Kier molecular flexibility index (Phi) is 6.21. The Hall–Kier alpha value is -1.13. The van der Waals surface area contributed by atoms with Crippen LogP contribution in [0.4, 0.5) is 4.39 Å². The highest BCUT2D eigenvalue weighted by molar-refractivity contribution is 6.30. The minimum absolute atomic E-state index is 0.0334. The minimum atomic E-state index is -0.442. The molecular weight excluding hydrogens is 303 g/mol. The maximum absolute atomic E-state index is 13.2. The molecule has 0 radical (unpaired) electrons. The summed E-state index contributed by atoms with van der Waals surface area (Å²) in [5.74, 6) is 0.514. The molecule has 2 rings (SSSR count). The molecule has 1 aliphatic heterocycles. The quantitative estimate of drug-likeness (QED) is 0.866. The van der Waals surface area contributed by atoms with Gasteiger partial charge in [0.05, 0.1) is 11.1 Å². The van der Waals surface area contributed by atoms with E-state index in [1.165, 1.54) is 18.9 Å². The Labute approximate surface area is 136 Å². The topological polar surface area (TPSA) is 41.1 Å². The Morgan fingerprint density at radius 2 is 2.27 bits per heavy atom. The lowest BCUT2D eigenvalue weighted by Gasteiger charge is -2.28. The number of nitrogens with one attached hydrogen (secondary N) is 2. The van der Waals surface area contributed by atoms with Crippen LogP contribution in [0.3, 0.4) is 0 Å². The molecule has 1 aromatic carbocycles. The highest BCUT2D eigenvalue weighted by atomic mass is 35.5. The Balaban J connectivity index is 1.86. The van der Waals surface area contributed by atoms with E-state index in [-0.39, 0.29) is 17.0 Å². The first kappa shape index (κ1) is 17.2. The third-order valence-electron chi connectivity index (χ3n) is 4.47. The van der Waals surface area contributed by atoms with Crippen LogP contribution >= 0.6 is 11.6 Å². The number of carbonyl (C=O) groups is 1. The number of rotatable bonds is 5. The number of carbonyl (C=O) groups excluding carboxylic acids is 1.